The maximum Gasteiger partial charge on any atom is 0.325 e. The zero-order chi connectivity index (χ0) is 20.0. The minimum atomic E-state index is -0.528. The Hall–Kier alpha value is -2.41. The number of amides is 4. The third-order valence-corrected chi connectivity index (χ3v) is 4.86. The number of anilines is 1. The second-order valence-corrected chi connectivity index (χ2v) is 7.46. The minimum Gasteiger partial charge on any atom is -0.354 e. The first-order valence-corrected chi connectivity index (χ1v) is 9.46. The van der Waals surface area contributed by atoms with Gasteiger partial charge < -0.3 is 10.6 Å². The molecular weight excluding hydrogens is 344 g/mol. The summed E-state index contributed by atoms with van der Waals surface area (Å²) < 4.78 is 0. The first-order valence-electron chi connectivity index (χ1n) is 9.46. The molecule has 1 aliphatic heterocycles. The van der Waals surface area contributed by atoms with Crippen molar-refractivity contribution in [3.63, 3.8) is 0 Å². The summed E-state index contributed by atoms with van der Waals surface area (Å²) in [6.45, 7) is 9.27. The number of carbonyl (C=O) groups excluding carboxylic acids is 3. The van der Waals surface area contributed by atoms with Gasteiger partial charge in [0, 0.05) is 17.6 Å². The normalized spacial score (nSPS) is 15.4. The summed E-state index contributed by atoms with van der Waals surface area (Å²) in [6, 6.07) is 5.24. The van der Waals surface area contributed by atoms with Crippen molar-refractivity contribution in [1.29, 1.82) is 0 Å². The molecule has 7 nitrogen and oxygen atoms in total. The second kappa shape index (κ2) is 9.50. The van der Waals surface area contributed by atoms with Gasteiger partial charge in [0.05, 0.1) is 6.54 Å². The number of hydrogen-bond acceptors (Lipinski definition) is 4. The van der Waals surface area contributed by atoms with Gasteiger partial charge >= 0.3 is 6.03 Å². The van der Waals surface area contributed by atoms with Crippen molar-refractivity contribution in [3.8, 4) is 0 Å². The van der Waals surface area contributed by atoms with Crippen molar-refractivity contribution in [2.75, 3.05) is 25.0 Å². The van der Waals surface area contributed by atoms with Gasteiger partial charge in [-0.15, -0.1) is 0 Å². The first-order chi connectivity index (χ1) is 12.8. The number of carbonyl (C=O) groups is 3. The molecule has 0 saturated carbocycles. The molecule has 3 N–H and O–H groups in total. The standard InChI is InChI=1S/C20H30N4O3/c1-13(2)21-19(26)16-8-10-24(11-9-16)12-18(25)23-20(27)22-17-7-5-6-14(3)15(17)4/h5-7,13,16H,8-12H2,1-4H3,(H,21,26)(H2,22,23,25,27). The molecule has 0 spiro atoms. The third-order valence-electron chi connectivity index (χ3n) is 4.86. The number of aryl methyl sites for hydroxylation is 1. The Kier molecular flexibility index (Phi) is 7.36. The third kappa shape index (κ3) is 6.36. The van der Waals surface area contributed by atoms with Gasteiger partial charge in [-0.3, -0.25) is 19.8 Å². The summed E-state index contributed by atoms with van der Waals surface area (Å²) in [4.78, 5) is 38.2. The summed E-state index contributed by atoms with van der Waals surface area (Å²) in [6.07, 6.45) is 1.45. The van der Waals surface area contributed by atoms with Crippen LogP contribution in [0.3, 0.4) is 0 Å². The van der Waals surface area contributed by atoms with E-state index in [1.807, 2.05) is 44.7 Å². The topological polar surface area (TPSA) is 90.5 Å². The van der Waals surface area contributed by atoms with Gasteiger partial charge in [-0.05, 0) is 70.8 Å². The SMILES string of the molecule is Cc1cccc(NC(=O)NC(=O)CN2CCC(C(=O)NC(C)C)CC2)c1C. The van der Waals surface area contributed by atoms with Crippen LogP contribution in [-0.2, 0) is 9.59 Å². The van der Waals surface area contributed by atoms with Gasteiger partial charge in [0.2, 0.25) is 11.8 Å². The maximum atomic E-state index is 12.1. The van der Waals surface area contributed by atoms with E-state index in [2.05, 4.69) is 16.0 Å². The monoisotopic (exact) mass is 374 g/mol. The number of imide groups is 1. The molecule has 0 aliphatic carbocycles. The van der Waals surface area contributed by atoms with Crippen LogP contribution in [0.5, 0.6) is 0 Å². The van der Waals surface area contributed by atoms with E-state index in [1.165, 1.54) is 0 Å². The average molecular weight is 374 g/mol. The van der Waals surface area contributed by atoms with Crippen molar-refractivity contribution in [2.45, 2.75) is 46.6 Å². The highest BCUT2D eigenvalue weighted by molar-refractivity contribution is 6.02. The Balaban J connectivity index is 1.75. The number of nitrogens with one attached hydrogen (secondary N) is 3. The molecule has 0 atom stereocenters. The highest BCUT2D eigenvalue weighted by Crippen LogP contribution is 2.18. The molecule has 1 aromatic rings. The fourth-order valence-corrected chi connectivity index (χ4v) is 3.16. The van der Waals surface area contributed by atoms with Gasteiger partial charge in [0.25, 0.3) is 0 Å². The van der Waals surface area contributed by atoms with Gasteiger partial charge in [0.15, 0.2) is 0 Å². The molecule has 1 fully saturated rings. The molecule has 1 saturated heterocycles. The molecule has 2 rings (SSSR count). The number of hydrogen-bond donors (Lipinski definition) is 3. The molecule has 1 aromatic carbocycles. The second-order valence-electron chi connectivity index (χ2n) is 7.46. The maximum absolute atomic E-state index is 12.1. The van der Waals surface area contributed by atoms with E-state index in [1.54, 1.807) is 6.07 Å². The van der Waals surface area contributed by atoms with Crippen LogP contribution in [0, 0.1) is 19.8 Å². The highest BCUT2D eigenvalue weighted by Gasteiger charge is 2.26. The lowest BCUT2D eigenvalue weighted by atomic mass is 9.95. The van der Waals surface area contributed by atoms with Gasteiger partial charge in [-0.25, -0.2) is 4.79 Å². The fraction of sp³-hybridized carbons (Fsp3) is 0.550. The van der Waals surface area contributed by atoms with Crippen molar-refractivity contribution in [2.24, 2.45) is 5.92 Å². The molecule has 0 radical (unpaired) electrons. The van der Waals surface area contributed by atoms with Crippen LogP contribution in [0.4, 0.5) is 10.5 Å². The molecular formula is C20H30N4O3. The number of rotatable bonds is 5. The Morgan fingerprint density at radius 2 is 1.81 bits per heavy atom. The van der Waals surface area contributed by atoms with Crippen LogP contribution in [0.25, 0.3) is 0 Å². The molecule has 0 unspecified atom stereocenters. The fourth-order valence-electron chi connectivity index (χ4n) is 3.16. The lowest BCUT2D eigenvalue weighted by Crippen LogP contribution is -2.46. The summed E-state index contributed by atoms with van der Waals surface area (Å²) in [5, 5.41) is 8.03. The van der Waals surface area contributed by atoms with Gasteiger partial charge in [-0.1, -0.05) is 12.1 Å². The van der Waals surface area contributed by atoms with Crippen LogP contribution in [-0.4, -0.2) is 48.4 Å². The van der Waals surface area contributed by atoms with Crippen molar-refractivity contribution in [1.82, 2.24) is 15.5 Å². The molecule has 27 heavy (non-hydrogen) atoms. The van der Waals surface area contributed by atoms with E-state index in [-0.39, 0.29) is 30.3 Å². The van der Waals surface area contributed by atoms with Crippen LogP contribution >= 0.6 is 0 Å². The summed E-state index contributed by atoms with van der Waals surface area (Å²) in [5.74, 6) is -0.260. The predicted molar refractivity (Wildman–Crippen MR) is 106 cm³/mol. The molecule has 1 heterocycles. The van der Waals surface area contributed by atoms with Crippen LogP contribution in [0.15, 0.2) is 18.2 Å². The molecule has 148 valence electrons. The molecule has 0 aromatic heterocycles. The predicted octanol–water partition coefficient (Wildman–Crippen LogP) is 2.19. The average Bonchev–Trinajstić information content (AvgIpc) is 2.58. The largest absolute Gasteiger partial charge is 0.354 e. The number of piperidine rings is 1. The van der Waals surface area contributed by atoms with Gasteiger partial charge in [0.1, 0.15) is 0 Å². The van der Waals surface area contributed by atoms with Crippen LogP contribution < -0.4 is 16.0 Å². The molecule has 1 aliphatic rings. The summed E-state index contributed by atoms with van der Waals surface area (Å²) >= 11 is 0. The van der Waals surface area contributed by atoms with Crippen molar-refractivity contribution in [3.05, 3.63) is 29.3 Å². The number of benzene rings is 1. The van der Waals surface area contributed by atoms with E-state index >= 15 is 0 Å². The Morgan fingerprint density at radius 1 is 1.15 bits per heavy atom. The molecule has 4 amide bonds. The first kappa shape index (κ1) is 20.9. The smallest absolute Gasteiger partial charge is 0.325 e. The van der Waals surface area contributed by atoms with E-state index in [0.29, 0.717) is 18.8 Å². The van der Waals surface area contributed by atoms with Crippen LogP contribution in [0.1, 0.15) is 37.8 Å². The highest BCUT2D eigenvalue weighted by atomic mass is 16.2. The zero-order valence-electron chi connectivity index (χ0n) is 16.6. The number of likely N-dealkylation sites (tertiary alicyclic amines) is 1. The summed E-state index contributed by atoms with van der Waals surface area (Å²) in [5.41, 5.74) is 2.74. The lowest BCUT2D eigenvalue weighted by molar-refractivity contribution is -0.127. The number of urea groups is 1. The molecule has 0 bridgehead atoms. The van der Waals surface area contributed by atoms with Gasteiger partial charge in [-0.2, -0.15) is 0 Å². The Labute approximate surface area is 160 Å². The minimum absolute atomic E-state index is 0.000643. The number of nitrogens with zero attached hydrogens (tertiary/aromatic N) is 1. The van der Waals surface area contributed by atoms with E-state index in [9.17, 15) is 14.4 Å². The zero-order valence-corrected chi connectivity index (χ0v) is 16.6. The summed E-state index contributed by atoms with van der Waals surface area (Å²) in [7, 11) is 0. The lowest BCUT2D eigenvalue weighted by Gasteiger charge is -2.31. The van der Waals surface area contributed by atoms with Crippen molar-refractivity contribution < 1.29 is 14.4 Å². The Bertz CT molecular complexity index is 694. The van der Waals surface area contributed by atoms with Crippen molar-refractivity contribution >= 4 is 23.5 Å². The molecule has 7 heteroatoms. The van der Waals surface area contributed by atoms with E-state index < -0.39 is 6.03 Å². The quantitative estimate of drug-likeness (QED) is 0.737. The van der Waals surface area contributed by atoms with Crippen LogP contribution in [0.2, 0.25) is 0 Å². The van der Waals surface area contributed by atoms with E-state index in [4.69, 9.17) is 0 Å². The van der Waals surface area contributed by atoms with E-state index in [0.717, 1.165) is 24.0 Å². The Morgan fingerprint density at radius 3 is 2.44 bits per heavy atom.